The van der Waals surface area contributed by atoms with Crippen LogP contribution < -0.4 is 20.1 Å². The number of rotatable bonds is 6. The van der Waals surface area contributed by atoms with Gasteiger partial charge in [-0.3, -0.25) is 4.90 Å². The lowest BCUT2D eigenvalue weighted by Gasteiger charge is -2.36. The number of nitrogens with zero attached hydrogens (tertiary/aromatic N) is 2. The SMILES string of the molecule is COC(=O)C1=C(C(=O)OC)N(c2cc(OC)c(OC)cc2S)C(N)=C(C#N)C1c1ccccc1. The van der Waals surface area contributed by atoms with Crippen LogP contribution in [0, 0.1) is 11.3 Å². The molecule has 1 heterocycles. The number of thiol groups is 1. The van der Waals surface area contributed by atoms with Gasteiger partial charge in [-0.15, -0.1) is 12.6 Å². The summed E-state index contributed by atoms with van der Waals surface area (Å²) >= 11 is 4.52. The number of hydrogen-bond donors (Lipinski definition) is 2. The van der Waals surface area contributed by atoms with Crippen LogP contribution in [-0.4, -0.2) is 40.4 Å². The summed E-state index contributed by atoms with van der Waals surface area (Å²) in [6.45, 7) is 0. The Balaban J connectivity index is 2.45. The molecule has 1 aliphatic rings. The minimum atomic E-state index is -0.965. The van der Waals surface area contributed by atoms with Crippen molar-refractivity contribution in [3.63, 3.8) is 0 Å². The van der Waals surface area contributed by atoms with Crippen LogP contribution in [0.3, 0.4) is 0 Å². The quantitative estimate of drug-likeness (QED) is 0.473. The predicted molar refractivity (Wildman–Crippen MR) is 126 cm³/mol. The standard InChI is InChI=1S/C24H23N3O6S/c1-30-16-10-15(18(34)11-17(16)31-2)27-21(24(29)33-4)20(23(28)32-3)19(14(12-25)22(27)26)13-8-6-5-7-9-13/h5-11,19,34H,26H2,1-4H3. The summed E-state index contributed by atoms with van der Waals surface area (Å²) in [7, 11) is 5.27. The molecule has 176 valence electrons. The fraction of sp³-hybridized carbons (Fsp3) is 0.208. The van der Waals surface area contributed by atoms with E-state index in [-0.39, 0.29) is 28.4 Å². The zero-order chi connectivity index (χ0) is 25.0. The lowest BCUT2D eigenvalue weighted by atomic mass is 9.81. The smallest absolute Gasteiger partial charge is 0.355 e. The van der Waals surface area contributed by atoms with Gasteiger partial charge in [0.25, 0.3) is 0 Å². The summed E-state index contributed by atoms with van der Waals surface area (Å²) in [5.41, 5.74) is 7.06. The number of carbonyl (C=O) groups excluding carboxylic acids is 2. The van der Waals surface area contributed by atoms with Gasteiger partial charge in [-0.1, -0.05) is 30.3 Å². The lowest BCUT2D eigenvalue weighted by molar-refractivity contribution is -0.139. The number of allylic oxidation sites excluding steroid dienone is 1. The first-order chi connectivity index (χ1) is 16.3. The average molecular weight is 482 g/mol. The molecule has 1 unspecified atom stereocenters. The molecule has 0 fully saturated rings. The Bertz CT molecular complexity index is 1230. The highest BCUT2D eigenvalue weighted by Crippen LogP contribution is 2.46. The van der Waals surface area contributed by atoms with Crippen molar-refractivity contribution in [3.8, 4) is 17.6 Å². The molecule has 34 heavy (non-hydrogen) atoms. The van der Waals surface area contributed by atoms with Crippen molar-refractivity contribution in [1.29, 1.82) is 5.26 Å². The number of carbonyl (C=O) groups is 2. The molecule has 0 saturated heterocycles. The molecule has 1 atom stereocenters. The Morgan fingerprint density at radius 1 is 1.00 bits per heavy atom. The fourth-order valence-corrected chi connectivity index (χ4v) is 4.08. The number of hydrogen-bond acceptors (Lipinski definition) is 10. The minimum absolute atomic E-state index is 0.0433. The van der Waals surface area contributed by atoms with Gasteiger partial charge in [-0.05, 0) is 11.6 Å². The highest BCUT2D eigenvalue weighted by atomic mass is 32.1. The van der Waals surface area contributed by atoms with Crippen molar-refractivity contribution < 1.29 is 28.5 Å². The van der Waals surface area contributed by atoms with Gasteiger partial charge in [0.2, 0.25) is 0 Å². The second-order valence-electron chi connectivity index (χ2n) is 7.03. The Morgan fingerprint density at radius 2 is 1.59 bits per heavy atom. The molecule has 9 nitrogen and oxygen atoms in total. The summed E-state index contributed by atoms with van der Waals surface area (Å²) in [5, 5.41) is 10.1. The number of anilines is 1. The van der Waals surface area contributed by atoms with E-state index in [4.69, 9.17) is 24.7 Å². The first-order valence-electron chi connectivity index (χ1n) is 9.95. The van der Waals surface area contributed by atoms with Crippen LogP contribution in [0.5, 0.6) is 11.5 Å². The largest absolute Gasteiger partial charge is 0.493 e. The number of ether oxygens (including phenoxy) is 4. The van der Waals surface area contributed by atoms with Gasteiger partial charge in [0.15, 0.2) is 11.5 Å². The van der Waals surface area contributed by atoms with Gasteiger partial charge in [0.05, 0.1) is 57.3 Å². The van der Waals surface area contributed by atoms with E-state index < -0.39 is 17.9 Å². The van der Waals surface area contributed by atoms with Crippen LogP contribution in [0.4, 0.5) is 5.69 Å². The Hall–Kier alpha value is -4.10. The average Bonchev–Trinajstić information content (AvgIpc) is 2.87. The van der Waals surface area contributed by atoms with Gasteiger partial charge in [-0.25, -0.2) is 9.59 Å². The Kier molecular flexibility index (Phi) is 7.38. The van der Waals surface area contributed by atoms with Crippen molar-refractivity contribution in [3.05, 3.63) is 70.7 Å². The van der Waals surface area contributed by atoms with Crippen molar-refractivity contribution >= 4 is 30.3 Å². The van der Waals surface area contributed by atoms with Crippen LogP contribution in [0.2, 0.25) is 0 Å². The summed E-state index contributed by atoms with van der Waals surface area (Å²) < 4.78 is 20.7. The van der Waals surface area contributed by atoms with Crippen LogP contribution >= 0.6 is 12.6 Å². The van der Waals surface area contributed by atoms with E-state index in [1.54, 1.807) is 36.4 Å². The van der Waals surface area contributed by atoms with Crippen LogP contribution in [0.25, 0.3) is 0 Å². The summed E-state index contributed by atoms with van der Waals surface area (Å²) in [4.78, 5) is 27.8. The molecule has 0 aromatic heterocycles. The van der Waals surface area contributed by atoms with Crippen molar-refractivity contribution in [2.75, 3.05) is 33.3 Å². The minimum Gasteiger partial charge on any atom is -0.493 e. The number of methoxy groups -OCH3 is 4. The monoisotopic (exact) mass is 481 g/mol. The highest BCUT2D eigenvalue weighted by molar-refractivity contribution is 7.80. The van der Waals surface area contributed by atoms with Gasteiger partial charge in [-0.2, -0.15) is 5.26 Å². The van der Waals surface area contributed by atoms with Gasteiger partial charge >= 0.3 is 11.9 Å². The van der Waals surface area contributed by atoms with Crippen molar-refractivity contribution in [2.45, 2.75) is 10.8 Å². The molecule has 0 aliphatic carbocycles. The maximum Gasteiger partial charge on any atom is 0.355 e. The van der Waals surface area contributed by atoms with E-state index in [1.807, 2.05) is 0 Å². The van der Waals surface area contributed by atoms with E-state index in [0.29, 0.717) is 22.0 Å². The van der Waals surface area contributed by atoms with Gasteiger partial charge in [0.1, 0.15) is 11.5 Å². The first kappa shape index (κ1) is 24.5. The second-order valence-corrected chi connectivity index (χ2v) is 7.51. The summed E-state index contributed by atoms with van der Waals surface area (Å²) in [6.07, 6.45) is 0. The molecule has 2 aromatic carbocycles. The van der Waals surface area contributed by atoms with Crippen LogP contribution in [0.1, 0.15) is 11.5 Å². The lowest BCUT2D eigenvalue weighted by Crippen LogP contribution is -2.41. The molecule has 0 radical (unpaired) electrons. The highest BCUT2D eigenvalue weighted by Gasteiger charge is 2.43. The van der Waals surface area contributed by atoms with Gasteiger partial charge < -0.3 is 24.7 Å². The van der Waals surface area contributed by atoms with Crippen molar-refractivity contribution in [1.82, 2.24) is 0 Å². The number of nitriles is 1. The molecule has 1 aliphatic heterocycles. The third-order valence-corrected chi connectivity index (χ3v) is 5.69. The number of nitrogens with two attached hydrogens (primary N) is 1. The Morgan fingerprint density at radius 3 is 2.12 bits per heavy atom. The van der Waals surface area contributed by atoms with Crippen LogP contribution in [-0.2, 0) is 19.1 Å². The molecule has 10 heteroatoms. The van der Waals surface area contributed by atoms with Crippen molar-refractivity contribution in [2.24, 2.45) is 5.73 Å². The first-order valence-corrected chi connectivity index (χ1v) is 10.4. The Labute approximate surface area is 202 Å². The molecule has 0 bridgehead atoms. The molecular formula is C24H23N3O6S. The second kappa shape index (κ2) is 10.2. The zero-order valence-corrected chi connectivity index (χ0v) is 19.9. The van der Waals surface area contributed by atoms with E-state index in [1.165, 1.54) is 39.4 Å². The third-order valence-electron chi connectivity index (χ3n) is 5.33. The molecule has 2 aromatic rings. The summed E-state index contributed by atoms with van der Waals surface area (Å²) in [6, 6.07) is 13.9. The molecule has 0 spiro atoms. The van der Waals surface area contributed by atoms with Gasteiger partial charge in [0, 0.05) is 11.0 Å². The van der Waals surface area contributed by atoms with E-state index in [2.05, 4.69) is 18.7 Å². The third kappa shape index (κ3) is 4.13. The zero-order valence-electron chi connectivity index (χ0n) is 19.0. The van der Waals surface area contributed by atoms with E-state index in [9.17, 15) is 14.9 Å². The topological polar surface area (TPSA) is 124 Å². The maximum absolute atomic E-state index is 13.1. The normalized spacial score (nSPS) is 15.5. The maximum atomic E-state index is 13.1. The molecular weight excluding hydrogens is 458 g/mol. The molecule has 3 rings (SSSR count). The number of benzene rings is 2. The summed E-state index contributed by atoms with van der Waals surface area (Å²) in [5.74, 6) is -2.02. The predicted octanol–water partition coefficient (Wildman–Crippen LogP) is 2.89. The van der Waals surface area contributed by atoms with Crippen LogP contribution in [0.15, 0.2) is 70.0 Å². The number of esters is 2. The van der Waals surface area contributed by atoms with E-state index in [0.717, 1.165) is 0 Å². The molecule has 0 saturated carbocycles. The molecule has 2 N–H and O–H groups in total. The molecule has 0 amide bonds. The van der Waals surface area contributed by atoms with E-state index >= 15 is 0 Å². The fourth-order valence-electron chi connectivity index (χ4n) is 3.80.